The summed E-state index contributed by atoms with van der Waals surface area (Å²) < 4.78 is 39.0. The third kappa shape index (κ3) is 4.37. The van der Waals surface area contributed by atoms with Gasteiger partial charge in [0.25, 0.3) is 0 Å². The van der Waals surface area contributed by atoms with Crippen molar-refractivity contribution < 1.29 is 17.9 Å². The van der Waals surface area contributed by atoms with Crippen LogP contribution in [0.2, 0.25) is 0 Å². The highest BCUT2D eigenvalue weighted by Crippen LogP contribution is 2.29. The molecule has 0 radical (unpaired) electrons. The Kier molecular flexibility index (Phi) is 5.53. The Labute approximate surface area is 155 Å². The fourth-order valence-electron chi connectivity index (χ4n) is 3.14. The first-order valence-corrected chi connectivity index (χ1v) is 10.3. The van der Waals surface area contributed by atoms with E-state index in [1.165, 1.54) is 0 Å². The lowest BCUT2D eigenvalue weighted by Crippen LogP contribution is -2.42. The Morgan fingerprint density at radius 3 is 2.58 bits per heavy atom. The van der Waals surface area contributed by atoms with Gasteiger partial charge in [0.2, 0.25) is 10.0 Å². The van der Waals surface area contributed by atoms with Crippen LogP contribution in [0, 0.1) is 5.92 Å². The maximum Gasteiger partial charge on any atom is 0.240 e. The molecule has 0 bridgehead atoms. The topological polar surface area (TPSA) is 64.6 Å². The van der Waals surface area contributed by atoms with Crippen LogP contribution in [-0.2, 0) is 22.9 Å². The van der Waals surface area contributed by atoms with Crippen molar-refractivity contribution >= 4 is 10.0 Å². The highest BCUT2D eigenvalue weighted by molar-refractivity contribution is 7.89. The lowest BCUT2D eigenvalue weighted by molar-refractivity contribution is 0.253. The molecule has 2 aromatic carbocycles. The van der Waals surface area contributed by atoms with Gasteiger partial charge in [0.15, 0.2) is 0 Å². The van der Waals surface area contributed by atoms with Crippen LogP contribution in [0.5, 0.6) is 11.5 Å². The van der Waals surface area contributed by atoms with Crippen LogP contribution in [0.25, 0.3) is 0 Å². The van der Waals surface area contributed by atoms with Gasteiger partial charge in [0.1, 0.15) is 18.1 Å². The molecule has 26 heavy (non-hydrogen) atoms. The molecule has 5 nitrogen and oxygen atoms in total. The fraction of sp³-hybridized carbons (Fsp3) is 0.400. The van der Waals surface area contributed by atoms with Gasteiger partial charge < -0.3 is 9.47 Å². The number of rotatable bonds is 6. The number of hydrogen-bond acceptors (Lipinski definition) is 4. The number of hydrogen-bond donors (Lipinski definition) is 1. The first-order chi connectivity index (χ1) is 12.4. The smallest absolute Gasteiger partial charge is 0.240 e. The molecular formula is C20H25NO4S. The SMILES string of the molecule is COc1ccc2c(c1)C[C@H](NS(=O)(=O)c1ccc(CC(C)C)cc1)CO2. The molecule has 3 rings (SSSR count). The minimum Gasteiger partial charge on any atom is -0.497 e. The normalized spacial score (nSPS) is 16.8. The van der Waals surface area contributed by atoms with E-state index in [9.17, 15) is 8.42 Å². The molecule has 1 aliphatic rings. The Bertz CT molecular complexity index is 860. The van der Waals surface area contributed by atoms with Crippen molar-refractivity contribution in [3.8, 4) is 11.5 Å². The van der Waals surface area contributed by atoms with Crippen molar-refractivity contribution in [3.63, 3.8) is 0 Å². The van der Waals surface area contributed by atoms with Crippen molar-refractivity contribution in [1.29, 1.82) is 0 Å². The monoisotopic (exact) mass is 375 g/mol. The van der Waals surface area contributed by atoms with Gasteiger partial charge in [-0.2, -0.15) is 0 Å². The van der Waals surface area contributed by atoms with E-state index in [2.05, 4.69) is 18.6 Å². The molecule has 1 atom stereocenters. The zero-order valence-electron chi connectivity index (χ0n) is 15.4. The maximum atomic E-state index is 12.7. The van der Waals surface area contributed by atoms with E-state index in [0.717, 1.165) is 29.0 Å². The predicted octanol–water partition coefficient (Wildman–Crippen LogP) is 3.18. The molecule has 0 saturated heterocycles. The second-order valence-corrected chi connectivity index (χ2v) is 8.76. The lowest BCUT2D eigenvalue weighted by Gasteiger charge is -2.26. The van der Waals surface area contributed by atoms with Gasteiger partial charge in [-0.05, 0) is 60.2 Å². The summed E-state index contributed by atoms with van der Waals surface area (Å²) in [6.07, 6.45) is 1.50. The standard InChI is InChI=1S/C20H25NO4S/c1-14(2)10-15-4-7-19(8-5-15)26(22,23)21-17-11-16-12-18(24-3)6-9-20(16)25-13-17/h4-9,12,14,17,21H,10-11,13H2,1-3H3/t17-/m0/s1. The van der Waals surface area contributed by atoms with E-state index in [1.807, 2.05) is 30.3 Å². The number of fused-ring (bicyclic) bond motifs is 1. The quantitative estimate of drug-likeness (QED) is 0.842. The van der Waals surface area contributed by atoms with Crippen LogP contribution in [0.15, 0.2) is 47.4 Å². The summed E-state index contributed by atoms with van der Waals surface area (Å²) in [5, 5.41) is 0. The maximum absolute atomic E-state index is 12.7. The number of methoxy groups -OCH3 is 1. The van der Waals surface area contributed by atoms with Gasteiger partial charge in [-0.3, -0.25) is 0 Å². The van der Waals surface area contributed by atoms with E-state index in [0.29, 0.717) is 18.9 Å². The molecule has 140 valence electrons. The summed E-state index contributed by atoms with van der Waals surface area (Å²) in [6.45, 7) is 4.59. The van der Waals surface area contributed by atoms with Crippen molar-refractivity contribution in [3.05, 3.63) is 53.6 Å². The van der Waals surface area contributed by atoms with E-state index in [-0.39, 0.29) is 10.9 Å². The van der Waals surface area contributed by atoms with Crippen LogP contribution < -0.4 is 14.2 Å². The third-order valence-corrected chi connectivity index (χ3v) is 5.91. The molecule has 6 heteroatoms. The molecule has 2 aromatic rings. The van der Waals surface area contributed by atoms with Crippen LogP contribution in [0.1, 0.15) is 25.0 Å². The van der Waals surface area contributed by atoms with Crippen LogP contribution in [-0.4, -0.2) is 28.2 Å². The molecule has 0 spiro atoms. The number of nitrogens with one attached hydrogen (secondary N) is 1. The zero-order chi connectivity index (χ0) is 18.7. The molecule has 0 saturated carbocycles. The van der Waals surface area contributed by atoms with E-state index < -0.39 is 10.0 Å². The molecule has 0 amide bonds. The van der Waals surface area contributed by atoms with Crippen molar-refractivity contribution in [2.45, 2.75) is 37.6 Å². The zero-order valence-corrected chi connectivity index (χ0v) is 16.2. The summed E-state index contributed by atoms with van der Waals surface area (Å²) in [4.78, 5) is 0.279. The van der Waals surface area contributed by atoms with Gasteiger partial charge in [-0.25, -0.2) is 13.1 Å². The molecule has 1 heterocycles. The highest BCUT2D eigenvalue weighted by atomic mass is 32.2. The summed E-state index contributed by atoms with van der Waals surface area (Å²) in [6, 6.07) is 12.4. The van der Waals surface area contributed by atoms with Gasteiger partial charge >= 0.3 is 0 Å². The van der Waals surface area contributed by atoms with Crippen LogP contribution in [0.3, 0.4) is 0 Å². The average molecular weight is 375 g/mol. The molecule has 1 N–H and O–H groups in total. The Morgan fingerprint density at radius 2 is 1.92 bits per heavy atom. The molecular weight excluding hydrogens is 350 g/mol. The molecule has 0 fully saturated rings. The summed E-state index contributed by atoms with van der Waals surface area (Å²) in [5.74, 6) is 2.04. The van der Waals surface area contributed by atoms with Gasteiger partial charge in [0, 0.05) is 0 Å². The largest absolute Gasteiger partial charge is 0.497 e. The van der Waals surface area contributed by atoms with Crippen LogP contribution >= 0.6 is 0 Å². The van der Waals surface area contributed by atoms with Crippen molar-refractivity contribution in [2.24, 2.45) is 5.92 Å². The van der Waals surface area contributed by atoms with Crippen molar-refractivity contribution in [2.75, 3.05) is 13.7 Å². The predicted molar refractivity (Wildman–Crippen MR) is 101 cm³/mol. The Morgan fingerprint density at radius 1 is 1.19 bits per heavy atom. The number of sulfonamides is 1. The van der Waals surface area contributed by atoms with Gasteiger partial charge in [-0.1, -0.05) is 26.0 Å². The first-order valence-electron chi connectivity index (χ1n) is 8.78. The lowest BCUT2D eigenvalue weighted by atomic mass is 10.0. The second kappa shape index (κ2) is 7.68. The molecule has 0 aliphatic carbocycles. The van der Waals surface area contributed by atoms with Gasteiger partial charge in [-0.15, -0.1) is 0 Å². The molecule has 1 aliphatic heterocycles. The summed E-state index contributed by atoms with van der Waals surface area (Å²) in [7, 11) is -1.98. The van der Waals surface area contributed by atoms with Crippen LogP contribution in [0.4, 0.5) is 0 Å². The Hall–Kier alpha value is -2.05. The average Bonchev–Trinajstić information content (AvgIpc) is 2.60. The van der Waals surface area contributed by atoms with E-state index in [1.54, 1.807) is 19.2 Å². The highest BCUT2D eigenvalue weighted by Gasteiger charge is 2.25. The molecule has 0 unspecified atom stereocenters. The number of ether oxygens (including phenoxy) is 2. The minimum absolute atomic E-state index is 0.279. The van der Waals surface area contributed by atoms with Gasteiger partial charge in [0.05, 0.1) is 18.0 Å². The second-order valence-electron chi connectivity index (χ2n) is 7.05. The summed E-state index contributed by atoms with van der Waals surface area (Å²) in [5.41, 5.74) is 2.08. The Balaban J connectivity index is 1.71. The molecule has 0 aromatic heterocycles. The first kappa shape index (κ1) is 18.7. The third-order valence-electron chi connectivity index (χ3n) is 4.37. The summed E-state index contributed by atoms with van der Waals surface area (Å²) >= 11 is 0. The number of benzene rings is 2. The van der Waals surface area contributed by atoms with E-state index >= 15 is 0 Å². The minimum atomic E-state index is -3.58. The van der Waals surface area contributed by atoms with Crippen molar-refractivity contribution in [1.82, 2.24) is 4.72 Å². The van der Waals surface area contributed by atoms with E-state index in [4.69, 9.17) is 9.47 Å². The fourth-order valence-corrected chi connectivity index (χ4v) is 4.36.